The molecule has 24 heavy (non-hydrogen) atoms. The summed E-state index contributed by atoms with van der Waals surface area (Å²) in [7, 11) is 0. The van der Waals surface area contributed by atoms with Crippen LogP contribution >= 0.6 is 0 Å². The highest BCUT2D eigenvalue weighted by Crippen LogP contribution is 2.34. The molecule has 1 heterocycles. The van der Waals surface area contributed by atoms with Gasteiger partial charge < -0.3 is 14.2 Å². The molecule has 0 amide bonds. The van der Waals surface area contributed by atoms with Crippen LogP contribution in [-0.4, -0.2) is 18.7 Å². The van der Waals surface area contributed by atoms with E-state index in [0.717, 1.165) is 11.1 Å². The number of esters is 1. The maximum atomic E-state index is 12.8. The Balaban J connectivity index is 1.98. The van der Waals surface area contributed by atoms with E-state index >= 15 is 0 Å². The van der Waals surface area contributed by atoms with Gasteiger partial charge in [0.2, 0.25) is 0 Å². The first-order valence-corrected chi connectivity index (χ1v) is 8.04. The molecule has 1 aliphatic rings. The first-order valence-electron chi connectivity index (χ1n) is 8.04. The number of hydrogen-bond acceptors (Lipinski definition) is 4. The lowest BCUT2D eigenvalue weighted by Crippen LogP contribution is -2.24. The predicted octanol–water partition coefficient (Wildman–Crippen LogP) is 3.96. The molecule has 3 rings (SSSR count). The molecule has 0 saturated heterocycles. The minimum absolute atomic E-state index is 0.408. The van der Waals surface area contributed by atoms with E-state index in [1.807, 2.05) is 56.3 Å². The van der Waals surface area contributed by atoms with Gasteiger partial charge in [-0.3, -0.25) is 0 Å². The topological polar surface area (TPSA) is 44.8 Å². The SMILES string of the molecule is CCOC(C)/C(C(=O)Oc1ccccc1)=C1/OCc2ccccc21. The van der Waals surface area contributed by atoms with Gasteiger partial charge in [-0.15, -0.1) is 0 Å². The fourth-order valence-corrected chi connectivity index (χ4v) is 2.75. The zero-order valence-corrected chi connectivity index (χ0v) is 13.8. The van der Waals surface area contributed by atoms with E-state index in [-0.39, 0.29) is 0 Å². The number of para-hydroxylation sites is 1. The van der Waals surface area contributed by atoms with Crippen molar-refractivity contribution in [3.05, 3.63) is 71.3 Å². The maximum Gasteiger partial charge on any atom is 0.345 e. The Morgan fingerprint density at radius 1 is 1.12 bits per heavy atom. The molecule has 4 nitrogen and oxygen atoms in total. The molecule has 0 aromatic heterocycles. The van der Waals surface area contributed by atoms with E-state index in [4.69, 9.17) is 14.2 Å². The standard InChI is InChI=1S/C20H20O4/c1-3-22-14(2)18(20(21)24-16-10-5-4-6-11-16)19-17-12-8-7-9-15(17)13-23-19/h4-12,14H,3,13H2,1-2H3/b19-18-. The second-order valence-electron chi connectivity index (χ2n) is 5.49. The van der Waals surface area contributed by atoms with Gasteiger partial charge in [-0.1, -0.05) is 42.5 Å². The number of carbonyl (C=O) groups excluding carboxylic acids is 1. The third-order valence-corrected chi connectivity index (χ3v) is 3.88. The lowest BCUT2D eigenvalue weighted by molar-refractivity contribution is -0.131. The van der Waals surface area contributed by atoms with E-state index < -0.39 is 12.1 Å². The fourth-order valence-electron chi connectivity index (χ4n) is 2.75. The Morgan fingerprint density at radius 3 is 2.58 bits per heavy atom. The van der Waals surface area contributed by atoms with Crippen LogP contribution in [0, 0.1) is 0 Å². The number of rotatable bonds is 5. The van der Waals surface area contributed by atoms with Crippen molar-refractivity contribution in [1.82, 2.24) is 0 Å². The van der Waals surface area contributed by atoms with Crippen molar-refractivity contribution < 1.29 is 19.0 Å². The third-order valence-electron chi connectivity index (χ3n) is 3.88. The van der Waals surface area contributed by atoms with Crippen LogP contribution in [0.4, 0.5) is 0 Å². The van der Waals surface area contributed by atoms with Crippen molar-refractivity contribution in [2.75, 3.05) is 6.61 Å². The average Bonchev–Trinajstić information content (AvgIpc) is 3.00. The summed E-state index contributed by atoms with van der Waals surface area (Å²) in [5, 5.41) is 0. The molecule has 0 N–H and O–H groups in total. The molecule has 1 aliphatic heterocycles. The van der Waals surface area contributed by atoms with E-state index in [1.54, 1.807) is 12.1 Å². The van der Waals surface area contributed by atoms with Gasteiger partial charge in [0, 0.05) is 17.7 Å². The summed E-state index contributed by atoms with van der Waals surface area (Å²) in [5.41, 5.74) is 2.39. The van der Waals surface area contributed by atoms with Crippen molar-refractivity contribution >= 4 is 11.7 Å². The smallest absolute Gasteiger partial charge is 0.345 e. The summed E-state index contributed by atoms with van der Waals surface area (Å²) in [6.07, 6.45) is -0.424. The van der Waals surface area contributed by atoms with Gasteiger partial charge in [0.05, 0.1) is 6.10 Å². The van der Waals surface area contributed by atoms with E-state index in [2.05, 4.69) is 0 Å². The summed E-state index contributed by atoms with van der Waals surface area (Å²) >= 11 is 0. The second kappa shape index (κ2) is 7.32. The molecule has 0 fully saturated rings. The first-order chi connectivity index (χ1) is 11.7. The zero-order valence-electron chi connectivity index (χ0n) is 13.8. The summed E-state index contributed by atoms with van der Waals surface area (Å²) in [5.74, 6) is 0.594. The Kier molecular flexibility index (Phi) is 4.96. The molecule has 0 radical (unpaired) electrons. The van der Waals surface area contributed by atoms with Crippen LogP contribution in [0.2, 0.25) is 0 Å². The second-order valence-corrected chi connectivity index (χ2v) is 5.49. The van der Waals surface area contributed by atoms with E-state index in [9.17, 15) is 4.79 Å². The Morgan fingerprint density at radius 2 is 1.83 bits per heavy atom. The van der Waals surface area contributed by atoms with Crippen molar-refractivity contribution in [3.63, 3.8) is 0 Å². The van der Waals surface area contributed by atoms with E-state index in [0.29, 0.717) is 30.3 Å². The molecular formula is C20H20O4. The van der Waals surface area contributed by atoms with Crippen molar-refractivity contribution in [3.8, 4) is 5.75 Å². The highest BCUT2D eigenvalue weighted by atomic mass is 16.5. The Labute approximate surface area is 141 Å². The molecule has 2 aromatic carbocycles. The molecule has 0 aliphatic carbocycles. The Bertz CT molecular complexity index is 749. The summed E-state index contributed by atoms with van der Waals surface area (Å²) in [4.78, 5) is 12.8. The van der Waals surface area contributed by atoms with Crippen LogP contribution in [0.25, 0.3) is 5.76 Å². The number of benzene rings is 2. The number of ether oxygens (including phenoxy) is 3. The van der Waals surface area contributed by atoms with Gasteiger partial charge >= 0.3 is 5.97 Å². The Hall–Kier alpha value is -2.59. The third kappa shape index (κ3) is 3.34. The van der Waals surface area contributed by atoms with Crippen molar-refractivity contribution in [2.45, 2.75) is 26.6 Å². The molecule has 0 spiro atoms. The number of fused-ring (bicyclic) bond motifs is 1. The van der Waals surface area contributed by atoms with Gasteiger partial charge in [-0.25, -0.2) is 4.79 Å². The monoisotopic (exact) mass is 324 g/mol. The highest BCUT2D eigenvalue weighted by molar-refractivity contribution is 5.99. The van der Waals surface area contributed by atoms with Crippen LogP contribution in [0.3, 0.4) is 0 Å². The van der Waals surface area contributed by atoms with Crippen LogP contribution in [-0.2, 0) is 20.9 Å². The fraction of sp³-hybridized carbons (Fsp3) is 0.250. The minimum Gasteiger partial charge on any atom is -0.488 e. The molecule has 2 aromatic rings. The normalized spacial score (nSPS) is 16.1. The van der Waals surface area contributed by atoms with Crippen LogP contribution < -0.4 is 4.74 Å². The lowest BCUT2D eigenvalue weighted by atomic mass is 10.0. The van der Waals surface area contributed by atoms with Crippen LogP contribution in [0.5, 0.6) is 5.75 Å². The van der Waals surface area contributed by atoms with Crippen molar-refractivity contribution in [1.29, 1.82) is 0 Å². The van der Waals surface area contributed by atoms with Crippen LogP contribution in [0.15, 0.2) is 60.2 Å². The van der Waals surface area contributed by atoms with Crippen LogP contribution in [0.1, 0.15) is 25.0 Å². The number of carbonyl (C=O) groups is 1. The van der Waals surface area contributed by atoms with Gasteiger partial charge in [0.15, 0.2) is 0 Å². The molecule has 4 heteroatoms. The molecular weight excluding hydrogens is 304 g/mol. The first kappa shape index (κ1) is 16.3. The number of hydrogen-bond donors (Lipinski definition) is 0. The lowest BCUT2D eigenvalue weighted by Gasteiger charge is -2.17. The van der Waals surface area contributed by atoms with Gasteiger partial charge in [0.25, 0.3) is 0 Å². The molecule has 0 bridgehead atoms. The minimum atomic E-state index is -0.450. The molecule has 1 atom stereocenters. The predicted molar refractivity (Wildman–Crippen MR) is 91.3 cm³/mol. The van der Waals surface area contributed by atoms with Gasteiger partial charge in [-0.05, 0) is 26.0 Å². The van der Waals surface area contributed by atoms with Gasteiger partial charge in [0.1, 0.15) is 23.7 Å². The quantitative estimate of drug-likeness (QED) is 0.474. The molecule has 0 saturated carbocycles. The zero-order chi connectivity index (χ0) is 16.9. The van der Waals surface area contributed by atoms with E-state index in [1.165, 1.54) is 0 Å². The maximum absolute atomic E-state index is 12.8. The van der Waals surface area contributed by atoms with Crippen molar-refractivity contribution in [2.24, 2.45) is 0 Å². The highest BCUT2D eigenvalue weighted by Gasteiger charge is 2.30. The molecule has 1 unspecified atom stereocenters. The average molecular weight is 324 g/mol. The van der Waals surface area contributed by atoms with Gasteiger partial charge in [-0.2, -0.15) is 0 Å². The summed E-state index contributed by atoms with van der Waals surface area (Å²) in [6.45, 7) is 4.68. The summed E-state index contributed by atoms with van der Waals surface area (Å²) in [6, 6.07) is 16.8. The molecule has 124 valence electrons. The summed E-state index contributed by atoms with van der Waals surface area (Å²) < 4.78 is 17.0. The largest absolute Gasteiger partial charge is 0.488 e.